The van der Waals surface area contributed by atoms with Crippen molar-refractivity contribution in [2.75, 3.05) is 7.11 Å². The van der Waals surface area contributed by atoms with Crippen LogP contribution in [0.2, 0.25) is 5.02 Å². The summed E-state index contributed by atoms with van der Waals surface area (Å²) in [6, 6.07) is 6.66. The van der Waals surface area contributed by atoms with E-state index < -0.39 is 0 Å². The first-order valence-corrected chi connectivity index (χ1v) is 8.44. The van der Waals surface area contributed by atoms with Gasteiger partial charge in [0.1, 0.15) is 5.75 Å². The van der Waals surface area contributed by atoms with Crippen molar-refractivity contribution in [2.45, 2.75) is 52.6 Å². The SMILES string of the molecule is COc1ccc(CNC2CC(C)CCC2C(C)C)cc1Cl. The molecule has 1 N–H and O–H groups in total. The van der Waals surface area contributed by atoms with Crippen molar-refractivity contribution in [3.8, 4) is 5.75 Å². The van der Waals surface area contributed by atoms with E-state index in [4.69, 9.17) is 16.3 Å². The molecular formula is C18H28ClNO. The highest BCUT2D eigenvalue weighted by molar-refractivity contribution is 6.32. The smallest absolute Gasteiger partial charge is 0.137 e. The molecule has 3 atom stereocenters. The first-order valence-electron chi connectivity index (χ1n) is 8.07. The zero-order valence-corrected chi connectivity index (χ0v) is 14.4. The molecule has 0 saturated heterocycles. The molecule has 3 unspecified atom stereocenters. The van der Waals surface area contributed by atoms with Crippen LogP contribution < -0.4 is 10.1 Å². The third kappa shape index (κ3) is 4.37. The van der Waals surface area contributed by atoms with Gasteiger partial charge in [0, 0.05) is 12.6 Å². The van der Waals surface area contributed by atoms with Gasteiger partial charge in [-0.05, 0) is 48.3 Å². The largest absolute Gasteiger partial charge is 0.495 e. The number of hydrogen-bond acceptors (Lipinski definition) is 2. The average molecular weight is 310 g/mol. The number of halogens is 1. The first kappa shape index (κ1) is 16.6. The minimum absolute atomic E-state index is 0.620. The lowest BCUT2D eigenvalue weighted by molar-refractivity contribution is 0.169. The molecule has 0 aliphatic heterocycles. The summed E-state index contributed by atoms with van der Waals surface area (Å²) in [5.74, 6) is 3.10. The molecule has 1 saturated carbocycles. The second-order valence-electron chi connectivity index (χ2n) is 6.78. The Kier molecular flexibility index (Phi) is 5.95. The van der Waals surface area contributed by atoms with Crippen molar-refractivity contribution in [3.05, 3.63) is 28.8 Å². The van der Waals surface area contributed by atoms with E-state index in [0.29, 0.717) is 11.1 Å². The summed E-state index contributed by atoms with van der Waals surface area (Å²) in [5, 5.41) is 4.45. The monoisotopic (exact) mass is 309 g/mol. The van der Waals surface area contributed by atoms with Gasteiger partial charge < -0.3 is 10.1 Å². The maximum Gasteiger partial charge on any atom is 0.137 e. The molecular weight excluding hydrogens is 282 g/mol. The fourth-order valence-corrected chi connectivity index (χ4v) is 3.79. The average Bonchev–Trinajstić information content (AvgIpc) is 2.45. The van der Waals surface area contributed by atoms with Crippen molar-refractivity contribution in [3.63, 3.8) is 0 Å². The van der Waals surface area contributed by atoms with Crippen LogP contribution in [-0.2, 0) is 6.54 Å². The summed E-state index contributed by atoms with van der Waals surface area (Å²) in [4.78, 5) is 0. The molecule has 1 aliphatic rings. The number of nitrogens with one attached hydrogen (secondary N) is 1. The molecule has 0 aromatic heterocycles. The van der Waals surface area contributed by atoms with Crippen molar-refractivity contribution < 1.29 is 4.74 Å². The van der Waals surface area contributed by atoms with Crippen LogP contribution in [0.4, 0.5) is 0 Å². The maximum absolute atomic E-state index is 6.20. The molecule has 1 aromatic rings. The van der Waals surface area contributed by atoms with Crippen LogP contribution in [0.3, 0.4) is 0 Å². The zero-order valence-electron chi connectivity index (χ0n) is 13.7. The van der Waals surface area contributed by atoms with E-state index in [9.17, 15) is 0 Å². The quantitative estimate of drug-likeness (QED) is 0.835. The molecule has 0 heterocycles. The van der Waals surface area contributed by atoms with Gasteiger partial charge in [-0.3, -0.25) is 0 Å². The highest BCUT2D eigenvalue weighted by Crippen LogP contribution is 2.33. The minimum atomic E-state index is 0.620. The molecule has 2 rings (SSSR count). The number of methoxy groups -OCH3 is 1. The number of ether oxygens (including phenoxy) is 1. The van der Waals surface area contributed by atoms with E-state index in [-0.39, 0.29) is 0 Å². The van der Waals surface area contributed by atoms with Gasteiger partial charge in [-0.25, -0.2) is 0 Å². The molecule has 0 radical (unpaired) electrons. The van der Waals surface area contributed by atoms with Gasteiger partial charge in [0.05, 0.1) is 12.1 Å². The molecule has 0 bridgehead atoms. The summed E-state index contributed by atoms with van der Waals surface area (Å²) >= 11 is 6.20. The van der Waals surface area contributed by atoms with Crippen molar-refractivity contribution >= 4 is 11.6 Å². The van der Waals surface area contributed by atoms with Gasteiger partial charge in [-0.1, -0.05) is 44.9 Å². The highest BCUT2D eigenvalue weighted by Gasteiger charge is 2.30. The van der Waals surface area contributed by atoms with Crippen LogP contribution in [-0.4, -0.2) is 13.2 Å². The molecule has 2 nitrogen and oxygen atoms in total. The Morgan fingerprint density at radius 2 is 2.10 bits per heavy atom. The second kappa shape index (κ2) is 7.51. The van der Waals surface area contributed by atoms with Gasteiger partial charge in [0.15, 0.2) is 0 Å². The predicted octanol–water partition coefficient (Wildman–Crippen LogP) is 4.90. The van der Waals surface area contributed by atoms with E-state index in [1.165, 1.54) is 24.8 Å². The Morgan fingerprint density at radius 3 is 2.71 bits per heavy atom. The Labute approximate surface area is 134 Å². The van der Waals surface area contributed by atoms with Gasteiger partial charge in [0.25, 0.3) is 0 Å². The van der Waals surface area contributed by atoms with Crippen molar-refractivity contribution in [1.82, 2.24) is 5.32 Å². The lowest BCUT2D eigenvalue weighted by Crippen LogP contribution is -2.42. The molecule has 1 aromatic carbocycles. The Hall–Kier alpha value is -0.730. The van der Waals surface area contributed by atoms with Gasteiger partial charge in [0.2, 0.25) is 0 Å². The summed E-state index contributed by atoms with van der Waals surface area (Å²) in [5.41, 5.74) is 1.22. The number of benzene rings is 1. The second-order valence-corrected chi connectivity index (χ2v) is 7.19. The standard InChI is InChI=1S/C18H28ClNO/c1-12(2)15-7-5-13(3)9-17(15)20-11-14-6-8-18(21-4)16(19)10-14/h6,8,10,12-13,15,17,20H,5,7,9,11H2,1-4H3. The van der Waals surface area contributed by atoms with Gasteiger partial charge in [-0.15, -0.1) is 0 Å². The molecule has 118 valence electrons. The van der Waals surface area contributed by atoms with Crippen molar-refractivity contribution in [2.24, 2.45) is 17.8 Å². The Morgan fingerprint density at radius 1 is 1.33 bits per heavy atom. The van der Waals surface area contributed by atoms with Crippen LogP contribution in [0, 0.1) is 17.8 Å². The summed E-state index contributed by atoms with van der Waals surface area (Å²) in [7, 11) is 1.65. The molecule has 1 fully saturated rings. The Balaban J connectivity index is 1.98. The molecule has 0 amide bonds. The third-order valence-electron chi connectivity index (χ3n) is 4.81. The van der Waals surface area contributed by atoms with E-state index in [0.717, 1.165) is 30.0 Å². The highest BCUT2D eigenvalue weighted by atomic mass is 35.5. The normalized spacial score (nSPS) is 26.1. The third-order valence-corrected chi connectivity index (χ3v) is 5.10. The summed E-state index contributed by atoms with van der Waals surface area (Å²) in [6.07, 6.45) is 4.00. The summed E-state index contributed by atoms with van der Waals surface area (Å²) in [6.45, 7) is 7.94. The van der Waals surface area contributed by atoms with E-state index >= 15 is 0 Å². The zero-order chi connectivity index (χ0) is 15.4. The minimum Gasteiger partial charge on any atom is -0.495 e. The van der Waals surface area contributed by atoms with E-state index in [1.807, 2.05) is 12.1 Å². The predicted molar refractivity (Wildman–Crippen MR) is 90.0 cm³/mol. The Bertz CT molecular complexity index is 461. The van der Waals surface area contributed by atoms with Crippen LogP contribution >= 0.6 is 11.6 Å². The lowest BCUT2D eigenvalue weighted by Gasteiger charge is -2.38. The van der Waals surface area contributed by atoms with Gasteiger partial charge >= 0.3 is 0 Å². The van der Waals surface area contributed by atoms with Crippen molar-refractivity contribution in [1.29, 1.82) is 0 Å². The molecule has 3 heteroatoms. The lowest BCUT2D eigenvalue weighted by atomic mass is 9.74. The van der Waals surface area contributed by atoms with Crippen LogP contribution in [0.5, 0.6) is 5.75 Å². The topological polar surface area (TPSA) is 21.3 Å². The maximum atomic E-state index is 6.20. The van der Waals surface area contributed by atoms with Crippen LogP contribution in [0.1, 0.15) is 45.6 Å². The number of rotatable bonds is 5. The molecule has 0 spiro atoms. The van der Waals surface area contributed by atoms with E-state index in [2.05, 4.69) is 32.2 Å². The van der Waals surface area contributed by atoms with E-state index in [1.54, 1.807) is 7.11 Å². The fourth-order valence-electron chi connectivity index (χ4n) is 3.51. The fraction of sp³-hybridized carbons (Fsp3) is 0.667. The number of hydrogen-bond donors (Lipinski definition) is 1. The molecule has 1 aliphatic carbocycles. The molecule has 21 heavy (non-hydrogen) atoms. The van der Waals surface area contributed by atoms with Gasteiger partial charge in [-0.2, -0.15) is 0 Å². The summed E-state index contributed by atoms with van der Waals surface area (Å²) < 4.78 is 5.20. The van der Waals surface area contributed by atoms with Crippen LogP contribution in [0.25, 0.3) is 0 Å². The van der Waals surface area contributed by atoms with Crippen LogP contribution in [0.15, 0.2) is 18.2 Å². The first-order chi connectivity index (χ1) is 10.0.